The monoisotopic (exact) mass is 200 g/mol. The molecule has 1 aliphatic heterocycles. The van der Waals surface area contributed by atoms with Gasteiger partial charge < -0.3 is 9.47 Å². The molecule has 0 saturated heterocycles. The van der Waals surface area contributed by atoms with E-state index in [0.717, 1.165) is 11.5 Å². The fraction of sp³-hybridized carbons (Fsp3) is 0.231. The molecular weight excluding hydrogens is 188 g/mol. The van der Waals surface area contributed by atoms with Crippen LogP contribution in [0.5, 0.6) is 11.5 Å². The number of hydrogen-bond acceptors (Lipinski definition) is 2. The summed E-state index contributed by atoms with van der Waals surface area (Å²) in [4.78, 5) is 0. The maximum Gasteiger partial charge on any atom is 0.246 e. The minimum Gasteiger partial charge on any atom is -0.449 e. The van der Waals surface area contributed by atoms with Gasteiger partial charge in [-0.3, -0.25) is 0 Å². The van der Waals surface area contributed by atoms with Crippen molar-refractivity contribution >= 4 is 10.8 Å². The third-order valence-electron chi connectivity index (χ3n) is 2.52. The van der Waals surface area contributed by atoms with Crippen LogP contribution in [0.15, 0.2) is 36.4 Å². The number of rotatable bonds is 0. The Kier molecular flexibility index (Phi) is 1.52. The summed E-state index contributed by atoms with van der Waals surface area (Å²) in [7, 11) is 0. The topological polar surface area (TPSA) is 18.5 Å². The van der Waals surface area contributed by atoms with E-state index in [1.807, 2.05) is 38.1 Å². The number of benzene rings is 2. The molecule has 2 aromatic carbocycles. The second-order valence-electron chi connectivity index (χ2n) is 4.25. The van der Waals surface area contributed by atoms with Crippen LogP contribution < -0.4 is 9.47 Å². The molecule has 0 aliphatic carbocycles. The molecule has 0 bridgehead atoms. The van der Waals surface area contributed by atoms with Crippen molar-refractivity contribution in [2.45, 2.75) is 19.6 Å². The van der Waals surface area contributed by atoms with E-state index < -0.39 is 5.79 Å². The number of fused-ring (bicyclic) bond motifs is 2. The third kappa shape index (κ3) is 1.33. The van der Waals surface area contributed by atoms with Crippen molar-refractivity contribution in [3.05, 3.63) is 36.4 Å². The lowest BCUT2D eigenvalue weighted by Gasteiger charge is -2.16. The van der Waals surface area contributed by atoms with Crippen LogP contribution in [0.3, 0.4) is 0 Å². The minimum atomic E-state index is -0.542. The van der Waals surface area contributed by atoms with E-state index in [-0.39, 0.29) is 0 Å². The quantitative estimate of drug-likeness (QED) is 0.649. The SMILES string of the molecule is CC1(C)Oc2cc3ccccc3cc2O1. The summed E-state index contributed by atoms with van der Waals surface area (Å²) < 4.78 is 11.4. The van der Waals surface area contributed by atoms with E-state index in [1.165, 1.54) is 10.8 Å². The predicted octanol–water partition coefficient (Wildman–Crippen LogP) is 3.35. The van der Waals surface area contributed by atoms with Gasteiger partial charge in [0.05, 0.1) is 0 Å². The van der Waals surface area contributed by atoms with Gasteiger partial charge in [0.15, 0.2) is 11.5 Å². The van der Waals surface area contributed by atoms with Gasteiger partial charge in [-0.15, -0.1) is 0 Å². The number of hydrogen-bond donors (Lipinski definition) is 0. The first-order chi connectivity index (χ1) is 7.14. The highest BCUT2D eigenvalue weighted by Crippen LogP contribution is 2.41. The molecule has 0 radical (unpaired) electrons. The molecule has 1 aliphatic rings. The van der Waals surface area contributed by atoms with Crippen molar-refractivity contribution < 1.29 is 9.47 Å². The molecule has 0 saturated carbocycles. The van der Waals surface area contributed by atoms with Crippen LogP contribution in [0.25, 0.3) is 10.8 Å². The van der Waals surface area contributed by atoms with E-state index in [2.05, 4.69) is 12.1 Å². The van der Waals surface area contributed by atoms with Crippen LogP contribution in [0.1, 0.15) is 13.8 Å². The standard InChI is InChI=1S/C13H12O2/c1-13(2)14-11-7-9-5-3-4-6-10(9)8-12(11)15-13/h3-8H,1-2H3. The molecule has 15 heavy (non-hydrogen) atoms. The van der Waals surface area contributed by atoms with Gasteiger partial charge in [0.25, 0.3) is 0 Å². The average Bonchev–Trinajstić information content (AvgIpc) is 2.46. The highest BCUT2D eigenvalue weighted by Gasteiger charge is 2.31. The van der Waals surface area contributed by atoms with E-state index in [0.29, 0.717) is 0 Å². The van der Waals surface area contributed by atoms with Gasteiger partial charge in [0, 0.05) is 13.8 Å². The average molecular weight is 200 g/mol. The Morgan fingerprint density at radius 2 is 1.33 bits per heavy atom. The molecule has 0 fully saturated rings. The van der Waals surface area contributed by atoms with Gasteiger partial charge in [-0.05, 0) is 22.9 Å². The van der Waals surface area contributed by atoms with Gasteiger partial charge >= 0.3 is 0 Å². The molecule has 0 N–H and O–H groups in total. The summed E-state index contributed by atoms with van der Waals surface area (Å²) in [6, 6.07) is 12.2. The fourth-order valence-electron chi connectivity index (χ4n) is 1.91. The maximum absolute atomic E-state index is 5.68. The highest BCUT2D eigenvalue weighted by molar-refractivity contribution is 5.86. The fourth-order valence-corrected chi connectivity index (χ4v) is 1.91. The molecule has 76 valence electrons. The minimum absolute atomic E-state index is 0.542. The first-order valence-electron chi connectivity index (χ1n) is 5.05. The van der Waals surface area contributed by atoms with E-state index in [9.17, 15) is 0 Å². The van der Waals surface area contributed by atoms with Crippen LogP contribution >= 0.6 is 0 Å². The Bertz CT molecular complexity index is 483. The summed E-state index contributed by atoms with van der Waals surface area (Å²) in [6.45, 7) is 3.83. The van der Waals surface area contributed by atoms with Gasteiger partial charge in [-0.25, -0.2) is 0 Å². The van der Waals surface area contributed by atoms with Gasteiger partial charge in [-0.1, -0.05) is 24.3 Å². The molecule has 1 heterocycles. The first kappa shape index (κ1) is 8.60. The van der Waals surface area contributed by atoms with Crippen molar-refractivity contribution in [2.24, 2.45) is 0 Å². The molecule has 2 aromatic rings. The zero-order chi connectivity index (χ0) is 10.5. The molecule has 0 amide bonds. The third-order valence-corrected chi connectivity index (χ3v) is 2.52. The normalized spacial score (nSPS) is 16.9. The van der Waals surface area contributed by atoms with Crippen LogP contribution in [0.4, 0.5) is 0 Å². The molecule has 2 nitrogen and oxygen atoms in total. The molecule has 0 aromatic heterocycles. The van der Waals surface area contributed by atoms with Gasteiger partial charge in [-0.2, -0.15) is 0 Å². The van der Waals surface area contributed by atoms with Crippen molar-refractivity contribution in [3.8, 4) is 11.5 Å². The van der Waals surface area contributed by atoms with E-state index in [1.54, 1.807) is 0 Å². The summed E-state index contributed by atoms with van der Waals surface area (Å²) in [6.07, 6.45) is 0. The molecule has 0 spiro atoms. The lowest BCUT2D eigenvalue weighted by atomic mass is 10.1. The first-order valence-corrected chi connectivity index (χ1v) is 5.05. The summed E-state index contributed by atoms with van der Waals surface area (Å²) in [5.41, 5.74) is 0. The Labute approximate surface area is 88.4 Å². The van der Waals surface area contributed by atoms with E-state index in [4.69, 9.17) is 9.47 Å². The zero-order valence-corrected chi connectivity index (χ0v) is 8.78. The van der Waals surface area contributed by atoms with Crippen LogP contribution in [0.2, 0.25) is 0 Å². The highest BCUT2D eigenvalue weighted by atomic mass is 16.7. The molecule has 2 heteroatoms. The smallest absolute Gasteiger partial charge is 0.246 e. The Morgan fingerprint density at radius 1 is 0.867 bits per heavy atom. The van der Waals surface area contributed by atoms with Crippen LogP contribution in [0, 0.1) is 0 Å². The van der Waals surface area contributed by atoms with Crippen molar-refractivity contribution in [3.63, 3.8) is 0 Å². The predicted molar refractivity (Wildman–Crippen MR) is 59.3 cm³/mol. The van der Waals surface area contributed by atoms with Gasteiger partial charge in [0.1, 0.15) is 0 Å². The van der Waals surface area contributed by atoms with Crippen molar-refractivity contribution in [1.29, 1.82) is 0 Å². The Balaban J connectivity index is 2.23. The largest absolute Gasteiger partial charge is 0.449 e. The summed E-state index contributed by atoms with van der Waals surface area (Å²) in [5, 5.41) is 2.36. The lowest BCUT2D eigenvalue weighted by Crippen LogP contribution is -2.29. The molecular formula is C13H12O2. The summed E-state index contributed by atoms with van der Waals surface area (Å²) >= 11 is 0. The Hall–Kier alpha value is -1.70. The van der Waals surface area contributed by atoms with Gasteiger partial charge in [0.2, 0.25) is 5.79 Å². The molecule has 0 unspecified atom stereocenters. The van der Waals surface area contributed by atoms with Crippen molar-refractivity contribution in [1.82, 2.24) is 0 Å². The second-order valence-corrected chi connectivity index (χ2v) is 4.25. The lowest BCUT2D eigenvalue weighted by molar-refractivity contribution is -0.0431. The van der Waals surface area contributed by atoms with Crippen molar-refractivity contribution in [2.75, 3.05) is 0 Å². The zero-order valence-electron chi connectivity index (χ0n) is 8.78. The van der Waals surface area contributed by atoms with Crippen LogP contribution in [-0.4, -0.2) is 5.79 Å². The Morgan fingerprint density at radius 3 is 1.80 bits per heavy atom. The molecule has 3 rings (SSSR count). The summed E-state index contributed by atoms with van der Waals surface area (Å²) in [5.74, 6) is 1.12. The van der Waals surface area contributed by atoms with E-state index >= 15 is 0 Å². The molecule has 0 atom stereocenters. The second kappa shape index (κ2) is 2.66. The number of ether oxygens (including phenoxy) is 2. The van der Waals surface area contributed by atoms with Crippen LogP contribution in [-0.2, 0) is 0 Å². The maximum atomic E-state index is 5.68.